The second-order valence-electron chi connectivity index (χ2n) is 7.71. The minimum atomic E-state index is -0.400. The van der Waals surface area contributed by atoms with Gasteiger partial charge in [-0.15, -0.1) is 0 Å². The van der Waals surface area contributed by atoms with Crippen molar-refractivity contribution in [3.63, 3.8) is 0 Å². The largest absolute Gasteiger partial charge is 0.496 e. The van der Waals surface area contributed by atoms with Gasteiger partial charge in [0.05, 0.1) is 12.7 Å². The van der Waals surface area contributed by atoms with Crippen LogP contribution in [-0.2, 0) is 6.42 Å². The number of amides is 1. The summed E-state index contributed by atoms with van der Waals surface area (Å²) in [6, 6.07) is 4.07. The summed E-state index contributed by atoms with van der Waals surface area (Å²) in [4.78, 5) is 11.7. The lowest BCUT2D eigenvalue weighted by Gasteiger charge is -2.49. The molecule has 0 bridgehead atoms. The number of hydrogen-bond acceptors (Lipinski definition) is 2. The fourth-order valence-electron chi connectivity index (χ4n) is 5.44. The minimum absolute atomic E-state index is 0.399. The third kappa shape index (κ3) is 2.13. The van der Waals surface area contributed by atoms with Crippen LogP contribution in [0.15, 0.2) is 24.3 Å². The Morgan fingerprint density at radius 1 is 1.35 bits per heavy atom. The molecule has 3 heteroatoms. The molecule has 0 aromatic heterocycles. The second-order valence-corrected chi connectivity index (χ2v) is 7.71. The Morgan fingerprint density at radius 2 is 2.17 bits per heavy atom. The molecule has 0 spiro atoms. The predicted octanol–water partition coefficient (Wildman–Crippen LogP) is 3.82. The lowest BCUT2D eigenvalue weighted by molar-refractivity contribution is 0.0824. The van der Waals surface area contributed by atoms with Crippen LogP contribution >= 0.6 is 0 Å². The Labute approximate surface area is 137 Å². The maximum absolute atomic E-state index is 11.7. The summed E-state index contributed by atoms with van der Waals surface area (Å²) >= 11 is 0. The molecule has 0 saturated heterocycles. The fourth-order valence-corrected chi connectivity index (χ4v) is 5.44. The molecule has 4 atom stereocenters. The van der Waals surface area contributed by atoms with Gasteiger partial charge in [-0.05, 0) is 78.5 Å². The van der Waals surface area contributed by atoms with Crippen molar-refractivity contribution in [2.75, 3.05) is 7.11 Å². The fraction of sp³-hybridized carbons (Fsp3) is 0.550. The van der Waals surface area contributed by atoms with E-state index >= 15 is 0 Å². The van der Waals surface area contributed by atoms with Crippen LogP contribution in [0.25, 0.3) is 0 Å². The van der Waals surface area contributed by atoms with Crippen molar-refractivity contribution in [1.82, 2.24) is 0 Å². The average Bonchev–Trinajstić information content (AvgIpc) is 2.94. The molecule has 1 aromatic rings. The van der Waals surface area contributed by atoms with Crippen LogP contribution in [-0.4, -0.2) is 13.0 Å². The average molecular weight is 311 g/mol. The van der Waals surface area contributed by atoms with Crippen LogP contribution < -0.4 is 10.5 Å². The van der Waals surface area contributed by atoms with Gasteiger partial charge in [-0.3, -0.25) is 4.79 Å². The molecule has 23 heavy (non-hydrogen) atoms. The number of ether oxygens (including phenoxy) is 1. The standard InChI is InChI=1S/C20H25NO2/c1-20-8-3-4-17(20)14-6-5-12-10-16(19(21)22)18(23-2)11-15(12)13(14)7-9-20/h3,8,10-11,13-14,17H,4-7,9H2,1-2H3,(H2,21,22)/t13-,14+,17-,20-/m0/s1. The van der Waals surface area contributed by atoms with Gasteiger partial charge in [-0.25, -0.2) is 0 Å². The van der Waals surface area contributed by atoms with E-state index < -0.39 is 5.91 Å². The van der Waals surface area contributed by atoms with Gasteiger partial charge < -0.3 is 10.5 Å². The third-order valence-corrected chi connectivity index (χ3v) is 6.64. The monoisotopic (exact) mass is 311 g/mol. The van der Waals surface area contributed by atoms with Gasteiger partial charge in [-0.1, -0.05) is 19.1 Å². The van der Waals surface area contributed by atoms with E-state index in [1.807, 2.05) is 6.07 Å². The number of aryl methyl sites for hydroxylation is 1. The van der Waals surface area contributed by atoms with Crippen LogP contribution in [0.4, 0.5) is 0 Å². The van der Waals surface area contributed by atoms with E-state index in [1.54, 1.807) is 7.11 Å². The Bertz CT molecular complexity index is 693. The summed E-state index contributed by atoms with van der Waals surface area (Å²) in [6.07, 6.45) is 10.8. The summed E-state index contributed by atoms with van der Waals surface area (Å²) in [5, 5.41) is 0. The summed E-state index contributed by atoms with van der Waals surface area (Å²) in [7, 11) is 1.62. The highest BCUT2D eigenvalue weighted by molar-refractivity contribution is 5.96. The molecule has 3 aliphatic carbocycles. The highest BCUT2D eigenvalue weighted by Gasteiger charge is 2.48. The van der Waals surface area contributed by atoms with Crippen molar-refractivity contribution in [2.45, 2.75) is 44.9 Å². The first-order valence-electron chi connectivity index (χ1n) is 8.72. The molecule has 2 N–H and O–H groups in total. The van der Waals surface area contributed by atoms with Gasteiger partial charge in [0.2, 0.25) is 0 Å². The van der Waals surface area contributed by atoms with Gasteiger partial charge in [0.25, 0.3) is 5.91 Å². The van der Waals surface area contributed by atoms with Crippen molar-refractivity contribution in [3.05, 3.63) is 41.0 Å². The van der Waals surface area contributed by atoms with E-state index in [-0.39, 0.29) is 0 Å². The molecule has 1 aromatic carbocycles. The highest BCUT2D eigenvalue weighted by Crippen LogP contribution is 2.58. The molecule has 0 heterocycles. The minimum Gasteiger partial charge on any atom is -0.496 e. The molecule has 0 aliphatic heterocycles. The Balaban J connectivity index is 1.75. The van der Waals surface area contributed by atoms with Crippen molar-refractivity contribution < 1.29 is 9.53 Å². The molecule has 122 valence electrons. The van der Waals surface area contributed by atoms with E-state index in [4.69, 9.17) is 10.5 Å². The predicted molar refractivity (Wildman–Crippen MR) is 90.7 cm³/mol. The Morgan fingerprint density at radius 3 is 2.91 bits per heavy atom. The van der Waals surface area contributed by atoms with Gasteiger partial charge in [-0.2, -0.15) is 0 Å². The van der Waals surface area contributed by atoms with Crippen molar-refractivity contribution in [1.29, 1.82) is 0 Å². The highest BCUT2D eigenvalue weighted by atomic mass is 16.5. The van der Waals surface area contributed by atoms with Crippen LogP contribution in [0, 0.1) is 17.3 Å². The maximum atomic E-state index is 11.7. The summed E-state index contributed by atoms with van der Waals surface area (Å²) in [5.41, 5.74) is 9.14. The quantitative estimate of drug-likeness (QED) is 0.844. The van der Waals surface area contributed by atoms with E-state index in [9.17, 15) is 4.79 Å². The van der Waals surface area contributed by atoms with E-state index in [2.05, 4.69) is 25.1 Å². The number of rotatable bonds is 2. The van der Waals surface area contributed by atoms with E-state index in [0.29, 0.717) is 22.6 Å². The number of carbonyl (C=O) groups excluding carboxylic acids is 1. The van der Waals surface area contributed by atoms with E-state index in [1.165, 1.54) is 36.8 Å². The normalized spacial score (nSPS) is 34.4. The number of benzene rings is 1. The topological polar surface area (TPSA) is 52.3 Å². The van der Waals surface area contributed by atoms with Crippen LogP contribution in [0.5, 0.6) is 5.75 Å². The third-order valence-electron chi connectivity index (χ3n) is 6.64. The zero-order valence-corrected chi connectivity index (χ0v) is 14.0. The Hall–Kier alpha value is -1.77. The number of fused-ring (bicyclic) bond motifs is 5. The lowest BCUT2D eigenvalue weighted by atomic mass is 9.55. The number of primary amides is 1. The first-order valence-corrected chi connectivity index (χ1v) is 8.72. The molecular formula is C20H25NO2. The SMILES string of the molecule is COc1cc2c(cc1C(N)=O)CC[C@@H]1[C@@H]2CC[C@]2(C)C=CC[C@@H]12. The van der Waals surface area contributed by atoms with Gasteiger partial charge in [0.15, 0.2) is 0 Å². The van der Waals surface area contributed by atoms with Gasteiger partial charge >= 0.3 is 0 Å². The number of hydrogen-bond donors (Lipinski definition) is 1. The van der Waals surface area contributed by atoms with Crippen LogP contribution in [0.1, 0.15) is 60.0 Å². The Kier molecular flexibility index (Phi) is 3.29. The first kappa shape index (κ1) is 14.8. The van der Waals surface area contributed by atoms with E-state index in [0.717, 1.165) is 18.3 Å². The van der Waals surface area contributed by atoms with Crippen molar-refractivity contribution in [2.24, 2.45) is 23.0 Å². The van der Waals surface area contributed by atoms with Crippen LogP contribution in [0.3, 0.4) is 0 Å². The summed E-state index contributed by atoms with van der Waals surface area (Å²) in [6.45, 7) is 2.43. The summed E-state index contributed by atoms with van der Waals surface area (Å²) in [5.74, 6) is 2.36. The lowest BCUT2D eigenvalue weighted by Crippen LogP contribution is -2.39. The molecule has 0 radical (unpaired) electrons. The zero-order chi connectivity index (χ0) is 16.2. The zero-order valence-electron chi connectivity index (χ0n) is 14.0. The summed E-state index contributed by atoms with van der Waals surface area (Å²) < 4.78 is 5.45. The molecule has 4 rings (SSSR count). The first-order chi connectivity index (χ1) is 11.0. The number of methoxy groups -OCH3 is 1. The molecular weight excluding hydrogens is 286 g/mol. The van der Waals surface area contributed by atoms with Gasteiger partial charge in [0, 0.05) is 0 Å². The molecule has 1 amide bonds. The maximum Gasteiger partial charge on any atom is 0.252 e. The smallest absolute Gasteiger partial charge is 0.252 e. The van der Waals surface area contributed by atoms with Crippen molar-refractivity contribution >= 4 is 5.91 Å². The molecule has 3 nitrogen and oxygen atoms in total. The van der Waals surface area contributed by atoms with Crippen LogP contribution in [0.2, 0.25) is 0 Å². The number of allylic oxidation sites excluding steroid dienone is 2. The molecule has 0 unspecified atom stereocenters. The second kappa shape index (κ2) is 5.12. The van der Waals surface area contributed by atoms with Crippen molar-refractivity contribution in [3.8, 4) is 5.75 Å². The molecule has 1 fully saturated rings. The molecule has 3 aliphatic rings. The van der Waals surface area contributed by atoms with Gasteiger partial charge in [0.1, 0.15) is 5.75 Å². The molecule has 1 saturated carbocycles. The number of nitrogens with two attached hydrogens (primary N) is 1. The number of carbonyl (C=O) groups is 1.